The van der Waals surface area contributed by atoms with Crippen molar-refractivity contribution < 1.29 is 9.53 Å². The van der Waals surface area contributed by atoms with Crippen LogP contribution in [-0.4, -0.2) is 12.6 Å². The van der Waals surface area contributed by atoms with Crippen LogP contribution in [0, 0.1) is 0 Å². The summed E-state index contributed by atoms with van der Waals surface area (Å²) in [5.74, 6) is -0.310. The van der Waals surface area contributed by atoms with E-state index in [9.17, 15) is 4.79 Å². The highest BCUT2D eigenvalue weighted by atomic mass is 32.1. The molecule has 0 atom stereocenters. The number of hydrogen-bond acceptors (Lipinski definition) is 4. The van der Waals surface area contributed by atoms with Gasteiger partial charge in [0.1, 0.15) is 0 Å². The average molecular weight is 365 g/mol. The van der Waals surface area contributed by atoms with Crippen molar-refractivity contribution in [2.24, 2.45) is 0 Å². The summed E-state index contributed by atoms with van der Waals surface area (Å²) < 4.78 is 4.94. The van der Waals surface area contributed by atoms with Gasteiger partial charge in [0.15, 0.2) is 0 Å². The van der Waals surface area contributed by atoms with Gasteiger partial charge in [-0.05, 0) is 64.5 Å². The van der Waals surface area contributed by atoms with E-state index in [1.165, 1.54) is 43.2 Å². The molecule has 132 valence electrons. The number of esters is 1. The standard InChI is InChI=1S/C10H12O2S.C10H16S/c1-8(2)10(11)12-5-3-9-4-6-13-7-9;1-2-3-4-5-6-10-7-8-11-9-10/h4,6-7H,1,3,5H2,2H3;7-9H,2-6H2,1H3. The second-order valence-corrected chi connectivity index (χ2v) is 7.30. The van der Waals surface area contributed by atoms with Crippen molar-refractivity contribution in [3.8, 4) is 0 Å². The highest BCUT2D eigenvalue weighted by molar-refractivity contribution is 7.08. The van der Waals surface area contributed by atoms with Crippen LogP contribution in [0.3, 0.4) is 0 Å². The highest BCUT2D eigenvalue weighted by Crippen LogP contribution is 2.10. The van der Waals surface area contributed by atoms with Crippen molar-refractivity contribution in [2.45, 2.75) is 52.4 Å². The van der Waals surface area contributed by atoms with E-state index >= 15 is 0 Å². The zero-order chi connectivity index (χ0) is 17.6. The van der Waals surface area contributed by atoms with E-state index in [1.54, 1.807) is 29.6 Å². The Morgan fingerprint density at radius 2 is 1.67 bits per heavy atom. The third-order valence-corrected chi connectivity index (χ3v) is 4.92. The molecule has 0 saturated heterocycles. The maximum absolute atomic E-state index is 11.0. The lowest BCUT2D eigenvalue weighted by Crippen LogP contribution is -2.07. The van der Waals surface area contributed by atoms with Crippen LogP contribution in [-0.2, 0) is 22.4 Å². The van der Waals surface area contributed by atoms with Gasteiger partial charge in [-0.3, -0.25) is 0 Å². The van der Waals surface area contributed by atoms with Crippen LogP contribution in [0.15, 0.2) is 45.8 Å². The fourth-order valence-electron chi connectivity index (χ4n) is 2.01. The maximum atomic E-state index is 11.0. The molecule has 2 nitrogen and oxygen atoms in total. The first kappa shape index (κ1) is 20.7. The molecule has 0 aliphatic heterocycles. The van der Waals surface area contributed by atoms with E-state index < -0.39 is 0 Å². The fraction of sp³-hybridized carbons (Fsp3) is 0.450. The Balaban J connectivity index is 0.000000243. The molecule has 2 rings (SSSR count). The maximum Gasteiger partial charge on any atom is 0.333 e. The van der Waals surface area contributed by atoms with Crippen molar-refractivity contribution in [2.75, 3.05) is 6.61 Å². The monoisotopic (exact) mass is 364 g/mol. The fourth-order valence-corrected chi connectivity index (χ4v) is 3.42. The van der Waals surface area contributed by atoms with Gasteiger partial charge in [-0.2, -0.15) is 22.7 Å². The molecular weight excluding hydrogens is 336 g/mol. The molecule has 4 heteroatoms. The van der Waals surface area contributed by atoms with Gasteiger partial charge in [-0.25, -0.2) is 4.79 Å². The summed E-state index contributed by atoms with van der Waals surface area (Å²) in [5.41, 5.74) is 3.18. The molecule has 24 heavy (non-hydrogen) atoms. The number of carbonyl (C=O) groups excluding carboxylic acids is 1. The molecule has 2 heterocycles. The summed E-state index contributed by atoms with van der Waals surface area (Å²) in [6.45, 7) is 7.83. The summed E-state index contributed by atoms with van der Waals surface area (Å²) in [5, 5.41) is 8.48. The molecule has 2 aromatic heterocycles. The van der Waals surface area contributed by atoms with Gasteiger partial charge in [0.2, 0.25) is 0 Å². The van der Waals surface area contributed by atoms with Crippen molar-refractivity contribution in [3.05, 3.63) is 56.9 Å². The number of ether oxygens (including phenoxy) is 1. The molecule has 0 bridgehead atoms. The van der Waals surface area contributed by atoms with Gasteiger partial charge in [-0.15, -0.1) is 0 Å². The molecule has 0 aliphatic carbocycles. The van der Waals surface area contributed by atoms with Crippen LogP contribution in [0.2, 0.25) is 0 Å². The van der Waals surface area contributed by atoms with Crippen molar-refractivity contribution >= 4 is 28.6 Å². The SMILES string of the molecule is C=C(C)C(=O)OCCc1ccsc1.CCCCCCc1ccsc1. The first-order valence-corrected chi connectivity index (χ1v) is 10.4. The zero-order valence-corrected chi connectivity index (χ0v) is 16.4. The molecule has 0 amide bonds. The van der Waals surface area contributed by atoms with Gasteiger partial charge in [0.25, 0.3) is 0 Å². The summed E-state index contributed by atoms with van der Waals surface area (Å²) >= 11 is 3.45. The number of carbonyl (C=O) groups is 1. The van der Waals surface area contributed by atoms with Crippen molar-refractivity contribution in [1.82, 2.24) is 0 Å². The molecule has 2 aromatic rings. The molecular formula is C20H28O2S2. The summed E-state index contributed by atoms with van der Waals surface area (Å²) in [6, 6.07) is 4.26. The Hall–Kier alpha value is -1.39. The zero-order valence-electron chi connectivity index (χ0n) is 14.8. The lowest BCUT2D eigenvalue weighted by atomic mass is 10.1. The summed E-state index contributed by atoms with van der Waals surface area (Å²) in [7, 11) is 0. The molecule has 0 spiro atoms. The minimum atomic E-state index is -0.310. The molecule has 0 aliphatic rings. The second-order valence-electron chi connectivity index (χ2n) is 5.74. The third-order valence-electron chi connectivity index (χ3n) is 3.45. The Labute approximate surface area is 154 Å². The summed E-state index contributed by atoms with van der Waals surface area (Å²) in [6.07, 6.45) is 7.55. The molecule has 0 radical (unpaired) electrons. The molecule has 0 fully saturated rings. The lowest BCUT2D eigenvalue weighted by Gasteiger charge is -2.02. The van der Waals surface area contributed by atoms with Crippen molar-refractivity contribution in [1.29, 1.82) is 0 Å². The smallest absolute Gasteiger partial charge is 0.333 e. The number of aryl methyl sites for hydroxylation is 1. The van der Waals surface area contributed by atoms with Gasteiger partial charge in [-0.1, -0.05) is 32.8 Å². The quantitative estimate of drug-likeness (QED) is 0.297. The van der Waals surface area contributed by atoms with Crippen LogP contribution < -0.4 is 0 Å². The van der Waals surface area contributed by atoms with Gasteiger partial charge < -0.3 is 4.74 Å². The summed E-state index contributed by atoms with van der Waals surface area (Å²) in [4.78, 5) is 11.0. The predicted octanol–water partition coefficient (Wildman–Crippen LogP) is 6.28. The van der Waals surface area contributed by atoms with Gasteiger partial charge in [0, 0.05) is 12.0 Å². The van der Waals surface area contributed by atoms with Crippen molar-refractivity contribution in [3.63, 3.8) is 0 Å². The van der Waals surface area contributed by atoms with Gasteiger partial charge >= 0.3 is 5.97 Å². The Kier molecular flexibility index (Phi) is 11.2. The highest BCUT2D eigenvalue weighted by Gasteiger charge is 2.02. The van der Waals surface area contributed by atoms with Crippen LogP contribution >= 0.6 is 22.7 Å². The minimum Gasteiger partial charge on any atom is -0.462 e. The number of rotatable bonds is 9. The van der Waals surface area contributed by atoms with E-state index in [-0.39, 0.29) is 5.97 Å². The largest absolute Gasteiger partial charge is 0.462 e. The van der Waals surface area contributed by atoms with Crippen LogP contribution in [0.25, 0.3) is 0 Å². The van der Waals surface area contributed by atoms with E-state index in [0.717, 1.165) is 6.42 Å². The molecule has 0 N–H and O–H groups in total. The van der Waals surface area contributed by atoms with Crippen LogP contribution in [0.1, 0.15) is 50.7 Å². The lowest BCUT2D eigenvalue weighted by molar-refractivity contribution is -0.138. The number of unbranched alkanes of at least 4 members (excludes halogenated alkanes) is 3. The minimum absolute atomic E-state index is 0.310. The Morgan fingerprint density at radius 1 is 1.04 bits per heavy atom. The number of hydrogen-bond donors (Lipinski definition) is 0. The first-order valence-electron chi connectivity index (χ1n) is 8.48. The first-order chi connectivity index (χ1) is 11.6. The Bertz CT molecular complexity index is 556. The third kappa shape index (κ3) is 9.68. The van der Waals surface area contributed by atoms with E-state index in [0.29, 0.717) is 12.2 Å². The normalized spacial score (nSPS) is 9.92. The molecule has 0 saturated carbocycles. The van der Waals surface area contributed by atoms with Crippen LogP contribution in [0.4, 0.5) is 0 Å². The Morgan fingerprint density at radius 3 is 2.17 bits per heavy atom. The molecule has 0 aromatic carbocycles. The molecule has 0 unspecified atom stereocenters. The van der Waals surface area contributed by atoms with Crippen LogP contribution in [0.5, 0.6) is 0 Å². The number of thiophene rings is 2. The average Bonchev–Trinajstić information content (AvgIpc) is 3.25. The topological polar surface area (TPSA) is 26.3 Å². The second kappa shape index (κ2) is 13.0. The van der Waals surface area contributed by atoms with E-state index in [1.807, 2.05) is 11.4 Å². The van der Waals surface area contributed by atoms with Gasteiger partial charge in [0.05, 0.1) is 6.61 Å². The van der Waals surface area contributed by atoms with E-state index in [4.69, 9.17) is 4.74 Å². The van der Waals surface area contributed by atoms with E-state index in [2.05, 4.69) is 35.7 Å². The predicted molar refractivity (Wildman–Crippen MR) is 106 cm³/mol.